The van der Waals surface area contributed by atoms with Crippen LogP contribution in [0.15, 0.2) is 23.6 Å². The third kappa shape index (κ3) is 3.70. The van der Waals surface area contributed by atoms with Gasteiger partial charge < -0.3 is 4.74 Å². The molecule has 0 unspecified atom stereocenters. The summed E-state index contributed by atoms with van der Waals surface area (Å²) in [6, 6.07) is 7.11. The fourth-order valence-corrected chi connectivity index (χ4v) is 3.00. The van der Waals surface area contributed by atoms with Gasteiger partial charge in [0.2, 0.25) is 5.78 Å². The van der Waals surface area contributed by atoms with E-state index in [2.05, 4.69) is 4.98 Å². The van der Waals surface area contributed by atoms with Gasteiger partial charge in [-0.25, -0.2) is 4.98 Å². The molecule has 1 heterocycles. The first-order valence-electron chi connectivity index (χ1n) is 6.96. The molecule has 0 N–H and O–H groups in total. The number of methoxy groups -OCH3 is 1. The Labute approximate surface area is 138 Å². The summed E-state index contributed by atoms with van der Waals surface area (Å²) in [6.07, 6.45) is 0. The molecule has 0 saturated carbocycles. The lowest BCUT2D eigenvalue weighted by atomic mass is 9.91. The fourth-order valence-electron chi connectivity index (χ4n) is 2.24. The number of rotatable bonds is 6. The molecule has 1 aromatic carbocycles. The van der Waals surface area contributed by atoms with E-state index in [0.29, 0.717) is 17.2 Å². The minimum atomic E-state index is -1.38. The van der Waals surface area contributed by atoms with Gasteiger partial charge in [0.25, 0.3) is 0 Å². The Balaban J connectivity index is 2.29. The Morgan fingerprint density at radius 2 is 2.09 bits per heavy atom. The quantitative estimate of drug-likeness (QED) is 0.601. The van der Waals surface area contributed by atoms with Gasteiger partial charge in [0.1, 0.15) is 10.7 Å². The van der Waals surface area contributed by atoms with Crippen LogP contribution in [0.25, 0.3) is 0 Å². The van der Waals surface area contributed by atoms with Gasteiger partial charge >= 0.3 is 0 Å². The molecule has 1 atom stereocenters. The standard InChI is InChI=1S/C17H16N2O3S/c1-10-4-5-12(11(2)6-10)16(20)13(7-18)17(21)14-9-23-15(19-14)8-22-3/h4-6,9,13H,8H2,1-3H3/t13-/m1/s1. The minimum absolute atomic E-state index is 0.131. The van der Waals surface area contributed by atoms with Crippen LogP contribution in [0, 0.1) is 31.1 Å². The number of hydrogen-bond donors (Lipinski definition) is 0. The number of benzene rings is 1. The Hall–Kier alpha value is -2.36. The maximum absolute atomic E-state index is 12.6. The van der Waals surface area contributed by atoms with Gasteiger partial charge in [0, 0.05) is 18.1 Å². The highest BCUT2D eigenvalue weighted by molar-refractivity contribution is 7.09. The van der Waals surface area contributed by atoms with Gasteiger partial charge in [-0.3, -0.25) is 9.59 Å². The number of nitrogens with zero attached hydrogens (tertiary/aromatic N) is 2. The van der Waals surface area contributed by atoms with Crippen LogP contribution in [0.1, 0.15) is 37.0 Å². The van der Waals surface area contributed by atoms with Crippen molar-refractivity contribution in [3.05, 3.63) is 51.0 Å². The molecule has 118 valence electrons. The SMILES string of the molecule is COCc1nc(C(=O)[C@H](C#N)C(=O)c2ccc(C)cc2C)cs1. The number of Topliss-reactive ketones (excluding diaryl/α,β-unsaturated/α-hetero) is 2. The lowest BCUT2D eigenvalue weighted by Crippen LogP contribution is -2.24. The van der Waals surface area contributed by atoms with Crippen molar-refractivity contribution in [3.63, 3.8) is 0 Å². The second kappa shape index (κ2) is 7.27. The van der Waals surface area contributed by atoms with Crippen LogP contribution < -0.4 is 0 Å². The van der Waals surface area contributed by atoms with Crippen molar-refractivity contribution in [2.75, 3.05) is 7.11 Å². The molecule has 23 heavy (non-hydrogen) atoms. The molecular weight excluding hydrogens is 312 g/mol. The van der Waals surface area contributed by atoms with Crippen LogP contribution in [0.2, 0.25) is 0 Å². The van der Waals surface area contributed by atoms with Gasteiger partial charge in [-0.15, -0.1) is 11.3 Å². The summed E-state index contributed by atoms with van der Waals surface area (Å²) >= 11 is 1.27. The lowest BCUT2D eigenvalue weighted by molar-refractivity contribution is 0.0842. The van der Waals surface area contributed by atoms with Crippen molar-refractivity contribution in [1.29, 1.82) is 5.26 Å². The number of carbonyl (C=O) groups excluding carboxylic acids is 2. The van der Waals surface area contributed by atoms with E-state index in [9.17, 15) is 14.9 Å². The smallest absolute Gasteiger partial charge is 0.207 e. The molecule has 0 saturated heterocycles. The van der Waals surface area contributed by atoms with Crippen LogP contribution in [0.5, 0.6) is 0 Å². The zero-order valence-electron chi connectivity index (χ0n) is 13.1. The Kier molecular flexibility index (Phi) is 5.37. The Bertz CT molecular complexity index is 789. The number of ether oxygens (including phenoxy) is 1. The Morgan fingerprint density at radius 3 is 2.70 bits per heavy atom. The highest BCUT2D eigenvalue weighted by atomic mass is 32.1. The number of carbonyl (C=O) groups is 2. The lowest BCUT2D eigenvalue weighted by Gasteiger charge is -2.09. The third-order valence-electron chi connectivity index (χ3n) is 3.37. The van der Waals surface area contributed by atoms with Crippen molar-refractivity contribution >= 4 is 22.9 Å². The second-order valence-corrected chi connectivity index (χ2v) is 6.11. The summed E-state index contributed by atoms with van der Waals surface area (Å²) < 4.78 is 4.96. The molecule has 0 spiro atoms. The number of nitriles is 1. The molecule has 2 aromatic rings. The summed E-state index contributed by atoms with van der Waals surface area (Å²) in [5.41, 5.74) is 2.29. The van der Waals surface area contributed by atoms with E-state index < -0.39 is 17.5 Å². The normalized spacial score (nSPS) is 11.7. The average molecular weight is 328 g/mol. The van der Waals surface area contributed by atoms with E-state index in [0.717, 1.165) is 11.1 Å². The fraction of sp³-hybridized carbons (Fsp3) is 0.294. The summed E-state index contributed by atoms with van der Waals surface area (Å²) in [4.78, 5) is 29.1. The number of hydrogen-bond acceptors (Lipinski definition) is 6. The highest BCUT2D eigenvalue weighted by Crippen LogP contribution is 2.20. The molecule has 1 aromatic heterocycles. The highest BCUT2D eigenvalue weighted by Gasteiger charge is 2.30. The van der Waals surface area contributed by atoms with Gasteiger partial charge in [-0.05, 0) is 19.4 Å². The molecule has 0 aliphatic carbocycles. The predicted molar refractivity (Wildman–Crippen MR) is 86.5 cm³/mol. The zero-order valence-corrected chi connectivity index (χ0v) is 13.9. The van der Waals surface area contributed by atoms with Crippen molar-refractivity contribution in [1.82, 2.24) is 4.98 Å². The van der Waals surface area contributed by atoms with E-state index >= 15 is 0 Å². The van der Waals surface area contributed by atoms with Crippen LogP contribution in [-0.4, -0.2) is 23.7 Å². The first kappa shape index (κ1) is 17.0. The summed E-state index contributed by atoms with van der Waals surface area (Å²) in [5, 5.41) is 11.5. The minimum Gasteiger partial charge on any atom is -0.378 e. The molecule has 5 nitrogen and oxygen atoms in total. The van der Waals surface area contributed by atoms with Crippen molar-refractivity contribution in [2.24, 2.45) is 5.92 Å². The van der Waals surface area contributed by atoms with Crippen molar-refractivity contribution in [2.45, 2.75) is 20.5 Å². The van der Waals surface area contributed by atoms with E-state index in [-0.39, 0.29) is 5.69 Å². The summed E-state index contributed by atoms with van der Waals surface area (Å²) in [6.45, 7) is 4.00. The molecule has 0 aliphatic heterocycles. The maximum atomic E-state index is 12.6. The molecule has 0 fully saturated rings. The number of aromatic nitrogens is 1. The monoisotopic (exact) mass is 328 g/mol. The third-order valence-corrected chi connectivity index (χ3v) is 4.20. The molecule has 2 rings (SSSR count). The molecule has 6 heteroatoms. The van der Waals surface area contributed by atoms with Crippen LogP contribution >= 0.6 is 11.3 Å². The van der Waals surface area contributed by atoms with E-state index in [1.165, 1.54) is 18.4 Å². The molecule has 0 radical (unpaired) electrons. The predicted octanol–water partition coefficient (Wildman–Crippen LogP) is 3.11. The van der Waals surface area contributed by atoms with Gasteiger partial charge in [0.05, 0.1) is 12.7 Å². The number of thiazole rings is 1. The number of ketones is 2. The summed E-state index contributed by atoms with van der Waals surface area (Å²) in [5.74, 6) is -2.44. The van der Waals surface area contributed by atoms with Crippen molar-refractivity contribution < 1.29 is 14.3 Å². The largest absolute Gasteiger partial charge is 0.378 e. The Morgan fingerprint density at radius 1 is 1.35 bits per heavy atom. The van der Waals surface area contributed by atoms with Crippen molar-refractivity contribution in [3.8, 4) is 6.07 Å². The zero-order chi connectivity index (χ0) is 17.0. The average Bonchev–Trinajstić information content (AvgIpc) is 2.96. The number of aryl methyl sites for hydroxylation is 2. The first-order chi connectivity index (χ1) is 11.0. The van der Waals surface area contributed by atoms with Crippen LogP contribution in [0.3, 0.4) is 0 Å². The van der Waals surface area contributed by atoms with E-state index in [1.807, 2.05) is 19.1 Å². The van der Waals surface area contributed by atoms with Crippen LogP contribution in [0.4, 0.5) is 0 Å². The molecule has 0 aliphatic rings. The maximum Gasteiger partial charge on any atom is 0.207 e. The van der Waals surface area contributed by atoms with E-state index in [1.54, 1.807) is 24.4 Å². The van der Waals surface area contributed by atoms with Gasteiger partial charge in [-0.2, -0.15) is 5.26 Å². The molecular formula is C17H16N2O3S. The van der Waals surface area contributed by atoms with Gasteiger partial charge in [0.15, 0.2) is 11.7 Å². The second-order valence-electron chi connectivity index (χ2n) is 5.17. The summed E-state index contributed by atoms with van der Waals surface area (Å²) in [7, 11) is 1.53. The first-order valence-corrected chi connectivity index (χ1v) is 7.84. The van der Waals surface area contributed by atoms with Gasteiger partial charge in [-0.1, -0.05) is 23.8 Å². The molecule has 0 amide bonds. The van der Waals surface area contributed by atoms with E-state index in [4.69, 9.17) is 4.74 Å². The topological polar surface area (TPSA) is 80.0 Å². The van der Waals surface area contributed by atoms with Crippen LogP contribution in [-0.2, 0) is 11.3 Å². The molecule has 0 bridgehead atoms.